The van der Waals surface area contributed by atoms with Gasteiger partial charge in [-0.25, -0.2) is 0 Å². The van der Waals surface area contributed by atoms with E-state index in [-0.39, 0.29) is 11.8 Å². The second-order valence-electron chi connectivity index (χ2n) is 14.0. The van der Waals surface area contributed by atoms with Crippen molar-refractivity contribution in [2.75, 3.05) is 0 Å². The number of hydrogen-bond donors (Lipinski definition) is 2. The molecule has 1 rings (SSSR count). The van der Waals surface area contributed by atoms with E-state index >= 15 is 0 Å². The summed E-state index contributed by atoms with van der Waals surface area (Å²) >= 11 is 0. The predicted molar refractivity (Wildman–Crippen MR) is 209 cm³/mol. The van der Waals surface area contributed by atoms with Crippen LogP contribution >= 0.6 is 0 Å². The Morgan fingerprint density at radius 2 is 0.688 bits per heavy atom. The van der Waals surface area contributed by atoms with Crippen LogP contribution in [0.1, 0.15) is 205 Å². The maximum atomic E-state index is 12.3. The van der Waals surface area contributed by atoms with Crippen LogP contribution < -0.4 is 10.6 Å². The lowest BCUT2D eigenvalue weighted by atomic mass is 10.1. The standard InChI is InChI=1S/C44H76N2O2/c1-3-5-7-9-11-13-15-17-19-21-23-25-27-29-31-33-43(47)45-39-41-35-37-42(38-36-41)40-46-44(48)34-32-30-28-26-24-22-20-18-16-14-12-10-8-6-4-2/h17-20,35-38H,3-16,21-34,39-40H2,1-2H3,(H,45,47)(H,46,48)/b19-17-,20-18-. The summed E-state index contributed by atoms with van der Waals surface area (Å²) in [5, 5.41) is 6.12. The average Bonchev–Trinajstić information content (AvgIpc) is 3.10. The summed E-state index contributed by atoms with van der Waals surface area (Å²) < 4.78 is 0. The predicted octanol–water partition coefficient (Wildman–Crippen LogP) is 13.0. The molecule has 0 unspecified atom stereocenters. The van der Waals surface area contributed by atoms with Crippen molar-refractivity contribution in [2.45, 2.75) is 207 Å². The lowest BCUT2D eigenvalue weighted by Gasteiger charge is -2.08. The van der Waals surface area contributed by atoms with Gasteiger partial charge in [-0.3, -0.25) is 9.59 Å². The van der Waals surface area contributed by atoms with Gasteiger partial charge >= 0.3 is 0 Å². The topological polar surface area (TPSA) is 58.2 Å². The fourth-order valence-corrected chi connectivity index (χ4v) is 6.07. The number of carbonyl (C=O) groups excluding carboxylic acids is 2. The molecule has 2 amide bonds. The van der Waals surface area contributed by atoms with Crippen LogP contribution in [0.3, 0.4) is 0 Å². The Bertz CT molecular complexity index is 845. The number of amides is 2. The zero-order valence-electron chi connectivity index (χ0n) is 31.6. The fourth-order valence-electron chi connectivity index (χ4n) is 6.07. The minimum atomic E-state index is 0.139. The molecule has 1 aromatic carbocycles. The lowest BCUT2D eigenvalue weighted by Crippen LogP contribution is -2.23. The largest absolute Gasteiger partial charge is 0.352 e. The van der Waals surface area contributed by atoms with Crippen molar-refractivity contribution in [3.63, 3.8) is 0 Å². The first-order valence-electron chi connectivity index (χ1n) is 20.6. The number of nitrogens with one attached hydrogen (secondary N) is 2. The summed E-state index contributed by atoms with van der Waals surface area (Å²) in [6.07, 6.45) is 43.7. The van der Waals surface area contributed by atoms with Gasteiger partial charge in [-0.2, -0.15) is 0 Å². The summed E-state index contributed by atoms with van der Waals surface area (Å²) in [5.41, 5.74) is 2.19. The highest BCUT2D eigenvalue weighted by molar-refractivity contribution is 5.76. The minimum absolute atomic E-state index is 0.139. The first-order chi connectivity index (χ1) is 23.7. The molecular formula is C44H76N2O2. The Labute approximate surface area is 297 Å². The summed E-state index contributed by atoms with van der Waals surface area (Å²) in [6, 6.07) is 8.20. The van der Waals surface area contributed by atoms with Gasteiger partial charge < -0.3 is 10.6 Å². The van der Waals surface area contributed by atoms with E-state index < -0.39 is 0 Å². The summed E-state index contributed by atoms with van der Waals surface area (Å²) in [7, 11) is 0. The fraction of sp³-hybridized carbons (Fsp3) is 0.727. The Morgan fingerprint density at radius 3 is 1.00 bits per heavy atom. The van der Waals surface area contributed by atoms with E-state index in [0.717, 1.165) is 36.8 Å². The average molecular weight is 665 g/mol. The third-order valence-electron chi connectivity index (χ3n) is 9.33. The van der Waals surface area contributed by atoms with Gasteiger partial charge in [0, 0.05) is 25.9 Å². The van der Waals surface area contributed by atoms with Crippen molar-refractivity contribution in [3.05, 3.63) is 59.7 Å². The van der Waals surface area contributed by atoms with Gasteiger partial charge in [-0.15, -0.1) is 0 Å². The molecule has 0 saturated heterocycles. The van der Waals surface area contributed by atoms with Gasteiger partial charge in [0.05, 0.1) is 0 Å². The van der Waals surface area contributed by atoms with Gasteiger partial charge in [0.1, 0.15) is 0 Å². The molecule has 274 valence electrons. The highest BCUT2D eigenvalue weighted by Gasteiger charge is 2.04. The van der Waals surface area contributed by atoms with Crippen molar-refractivity contribution in [1.82, 2.24) is 10.6 Å². The molecule has 0 aliphatic heterocycles. The van der Waals surface area contributed by atoms with Gasteiger partial charge in [0.2, 0.25) is 11.8 Å². The molecule has 2 N–H and O–H groups in total. The Kier molecular flexibility index (Phi) is 31.4. The molecule has 0 bridgehead atoms. The van der Waals surface area contributed by atoms with E-state index in [9.17, 15) is 9.59 Å². The van der Waals surface area contributed by atoms with Crippen molar-refractivity contribution in [3.8, 4) is 0 Å². The van der Waals surface area contributed by atoms with Crippen molar-refractivity contribution in [1.29, 1.82) is 0 Å². The molecule has 0 atom stereocenters. The highest BCUT2D eigenvalue weighted by atomic mass is 16.2. The minimum Gasteiger partial charge on any atom is -0.352 e. The first kappa shape index (κ1) is 43.7. The molecule has 4 heteroatoms. The highest BCUT2D eigenvalue weighted by Crippen LogP contribution is 2.12. The van der Waals surface area contributed by atoms with Crippen LogP contribution in [0.25, 0.3) is 0 Å². The molecule has 4 nitrogen and oxygen atoms in total. The van der Waals surface area contributed by atoms with Crippen LogP contribution in [-0.4, -0.2) is 11.8 Å². The van der Waals surface area contributed by atoms with Crippen molar-refractivity contribution < 1.29 is 9.59 Å². The lowest BCUT2D eigenvalue weighted by molar-refractivity contribution is -0.122. The molecule has 1 aromatic rings. The SMILES string of the molecule is CCCCCCCC/C=C\CCCCCCCC(=O)NCc1ccc(CNC(=O)CCCCCCC/C=C\CCCCCCCC)cc1. The van der Waals surface area contributed by atoms with Crippen LogP contribution in [0.4, 0.5) is 0 Å². The molecule has 0 spiro atoms. The van der Waals surface area contributed by atoms with Crippen LogP contribution in [0.2, 0.25) is 0 Å². The quantitative estimate of drug-likeness (QED) is 0.0569. The third-order valence-corrected chi connectivity index (χ3v) is 9.33. The van der Waals surface area contributed by atoms with Crippen LogP contribution in [0.15, 0.2) is 48.6 Å². The molecule has 0 heterocycles. The second-order valence-corrected chi connectivity index (χ2v) is 14.0. The van der Waals surface area contributed by atoms with Crippen LogP contribution in [-0.2, 0) is 22.7 Å². The molecular weight excluding hydrogens is 588 g/mol. The number of benzene rings is 1. The van der Waals surface area contributed by atoms with Gasteiger partial charge in [-0.05, 0) is 75.3 Å². The van der Waals surface area contributed by atoms with E-state index in [1.54, 1.807) is 0 Å². The molecule has 0 saturated carbocycles. The third kappa shape index (κ3) is 29.8. The zero-order valence-corrected chi connectivity index (χ0v) is 31.6. The Hall–Kier alpha value is -2.36. The van der Waals surface area contributed by atoms with E-state index in [1.807, 2.05) is 24.3 Å². The summed E-state index contributed by atoms with van der Waals surface area (Å²) in [5.74, 6) is 0.277. The molecule has 0 radical (unpaired) electrons. The van der Waals surface area contributed by atoms with E-state index in [4.69, 9.17) is 0 Å². The van der Waals surface area contributed by atoms with Crippen molar-refractivity contribution >= 4 is 11.8 Å². The van der Waals surface area contributed by atoms with Gasteiger partial charge in [0.15, 0.2) is 0 Å². The Morgan fingerprint density at radius 1 is 0.417 bits per heavy atom. The van der Waals surface area contributed by atoms with E-state index in [1.165, 1.54) is 141 Å². The number of rotatable bonds is 34. The first-order valence-corrected chi connectivity index (χ1v) is 20.6. The maximum absolute atomic E-state index is 12.3. The number of allylic oxidation sites excluding steroid dienone is 4. The molecule has 0 aromatic heterocycles. The van der Waals surface area contributed by atoms with Gasteiger partial charge in [-0.1, -0.05) is 165 Å². The molecule has 0 aliphatic carbocycles. The smallest absolute Gasteiger partial charge is 0.220 e. The van der Waals surface area contributed by atoms with E-state index in [2.05, 4.69) is 48.8 Å². The second kappa shape index (κ2) is 34.5. The molecule has 0 aliphatic rings. The number of unbranched alkanes of at least 4 members (excludes halogenated alkanes) is 22. The van der Waals surface area contributed by atoms with Gasteiger partial charge in [0.25, 0.3) is 0 Å². The van der Waals surface area contributed by atoms with E-state index in [0.29, 0.717) is 25.9 Å². The zero-order chi connectivity index (χ0) is 34.6. The summed E-state index contributed by atoms with van der Waals surface area (Å²) in [6.45, 7) is 5.67. The Balaban J connectivity index is 1.94. The normalized spacial score (nSPS) is 11.5. The monoisotopic (exact) mass is 665 g/mol. The molecule has 0 fully saturated rings. The van der Waals surface area contributed by atoms with Crippen molar-refractivity contribution in [2.24, 2.45) is 0 Å². The van der Waals surface area contributed by atoms with Crippen LogP contribution in [0.5, 0.6) is 0 Å². The van der Waals surface area contributed by atoms with Crippen LogP contribution in [0, 0.1) is 0 Å². The number of carbonyl (C=O) groups is 2. The summed E-state index contributed by atoms with van der Waals surface area (Å²) in [4.78, 5) is 24.5. The maximum Gasteiger partial charge on any atom is 0.220 e. The molecule has 48 heavy (non-hydrogen) atoms. The number of hydrogen-bond acceptors (Lipinski definition) is 2.